The second-order valence-electron chi connectivity index (χ2n) is 3.20. The lowest BCUT2D eigenvalue weighted by molar-refractivity contribution is 0.886. The Morgan fingerprint density at radius 3 is 2.77 bits per heavy atom. The van der Waals surface area contributed by atoms with Crippen LogP contribution in [0.25, 0.3) is 0 Å². The summed E-state index contributed by atoms with van der Waals surface area (Å²) in [4.78, 5) is 8.23. The van der Waals surface area contributed by atoms with Gasteiger partial charge in [0.1, 0.15) is 16.0 Å². The quantitative estimate of drug-likeness (QED) is 0.762. The first-order valence-corrected chi connectivity index (χ1v) is 6.16. The summed E-state index contributed by atoms with van der Waals surface area (Å²) in [5, 5.41) is 1.87. The maximum atomic E-state index is 4.22. The van der Waals surface area contributed by atoms with Gasteiger partial charge in [0.25, 0.3) is 0 Å². The van der Waals surface area contributed by atoms with Crippen molar-refractivity contribution >= 4 is 27.7 Å². The van der Waals surface area contributed by atoms with Gasteiger partial charge in [0.05, 0.1) is 0 Å². The molecule has 0 N–H and O–H groups in total. The molecule has 0 atom stereocenters. The lowest BCUT2D eigenvalue weighted by Gasteiger charge is -2.06. The fourth-order valence-electron chi connectivity index (χ4n) is 1.56. The van der Waals surface area contributed by atoms with Crippen LogP contribution in [0, 0.1) is 0 Å². The number of halogens is 1. The predicted molar refractivity (Wildman–Crippen MR) is 57.8 cm³/mol. The third-order valence-corrected chi connectivity index (χ3v) is 3.90. The molecule has 2 rings (SSSR count). The molecule has 1 saturated carbocycles. The Morgan fingerprint density at radius 2 is 2.08 bits per heavy atom. The molecule has 0 amide bonds. The van der Waals surface area contributed by atoms with E-state index in [1.54, 1.807) is 6.33 Å². The van der Waals surface area contributed by atoms with Crippen molar-refractivity contribution in [1.82, 2.24) is 9.97 Å². The van der Waals surface area contributed by atoms with Gasteiger partial charge in [-0.1, -0.05) is 12.8 Å². The van der Waals surface area contributed by atoms with E-state index in [4.69, 9.17) is 0 Å². The van der Waals surface area contributed by atoms with Gasteiger partial charge >= 0.3 is 0 Å². The van der Waals surface area contributed by atoms with Crippen molar-refractivity contribution in [1.29, 1.82) is 0 Å². The molecule has 1 fully saturated rings. The van der Waals surface area contributed by atoms with Crippen molar-refractivity contribution in [2.75, 3.05) is 0 Å². The van der Waals surface area contributed by atoms with E-state index in [0.29, 0.717) is 0 Å². The van der Waals surface area contributed by atoms with Crippen LogP contribution in [-0.4, -0.2) is 15.2 Å². The van der Waals surface area contributed by atoms with Crippen LogP contribution in [0.1, 0.15) is 25.7 Å². The Bertz CT molecular complexity index is 287. The second-order valence-corrected chi connectivity index (χ2v) is 5.34. The van der Waals surface area contributed by atoms with E-state index in [1.165, 1.54) is 25.7 Å². The van der Waals surface area contributed by atoms with Gasteiger partial charge in [0.15, 0.2) is 0 Å². The zero-order valence-corrected chi connectivity index (χ0v) is 9.64. The number of thioether (sulfide) groups is 1. The van der Waals surface area contributed by atoms with Crippen LogP contribution in [0.4, 0.5) is 0 Å². The summed E-state index contributed by atoms with van der Waals surface area (Å²) in [6.07, 6.45) is 7.05. The second kappa shape index (κ2) is 4.42. The van der Waals surface area contributed by atoms with Gasteiger partial charge in [0.2, 0.25) is 0 Å². The molecule has 4 heteroatoms. The van der Waals surface area contributed by atoms with Crippen LogP contribution in [0.3, 0.4) is 0 Å². The molecule has 1 aromatic rings. The zero-order chi connectivity index (χ0) is 9.10. The van der Waals surface area contributed by atoms with Crippen molar-refractivity contribution < 1.29 is 0 Å². The van der Waals surface area contributed by atoms with Crippen molar-refractivity contribution in [2.45, 2.75) is 36.0 Å². The van der Waals surface area contributed by atoms with E-state index in [9.17, 15) is 0 Å². The van der Waals surface area contributed by atoms with Crippen molar-refractivity contribution in [2.24, 2.45) is 0 Å². The Morgan fingerprint density at radius 1 is 1.31 bits per heavy atom. The Kier molecular flexibility index (Phi) is 3.22. The van der Waals surface area contributed by atoms with E-state index >= 15 is 0 Å². The minimum Gasteiger partial charge on any atom is -0.230 e. The highest BCUT2D eigenvalue weighted by Gasteiger charge is 2.16. The maximum Gasteiger partial charge on any atom is 0.118 e. The van der Waals surface area contributed by atoms with Crippen molar-refractivity contribution in [3.05, 3.63) is 17.0 Å². The summed E-state index contributed by atoms with van der Waals surface area (Å²) < 4.78 is 0.878. The molecule has 0 aliphatic heterocycles. The molecule has 2 nitrogen and oxygen atoms in total. The minimum absolute atomic E-state index is 0.779. The Hall–Kier alpha value is -0.0900. The summed E-state index contributed by atoms with van der Waals surface area (Å²) in [5.74, 6) is 0. The normalized spacial score (nSPS) is 17.9. The number of aromatic nitrogens is 2. The van der Waals surface area contributed by atoms with Crippen LogP contribution >= 0.6 is 27.7 Å². The smallest absolute Gasteiger partial charge is 0.118 e. The van der Waals surface area contributed by atoms with Gasteiger partial charge in [-0.25, -0.2) is 9.97 Å². The predicted octanol–water partition coefficient (Wildman–Crippen LogP) is 3.27. The van der Waals surface area contributed by atoms with E-state index < -0.39 is 0 Å². The summed E-state index contributed by atoms with van der Waals surface area (Å²) in [5.41, 5.74) is 0. The lowest BCUT2D eigenvalue weighted by atomic mass is 10.4. The number of nitrogens with zero attached hydrogens (tertiary/aromatic N) is 2. The largest absolute Gasteiger partial charge is 0.230 e. The fraction of sp³-hybridized carbons (Fsp3) is 0.556. The van der Waals surface area contributed by atoms with Crippen LogP contribution in [0.15, 0.2) is 22.0 Å². The van der Waals surface area contributed by atoms with Gasteiger partial charge in [0, 0.05) is 11.3 Å². The molecule has 1 aromatic heterocycles. The number of hydrogen-bond donors (Lipinski definition) is 0. The van der Waals surface area contributed by atoms with Gasteiger partial charge in [-0.2, -0.15) is 0 Å². The molecule has 1 aliphatic carbocycles. The molecular weight excluding hydrogens is 248 g/mol. The Balaban J connectivity index is 2.00. The van der Waals surface area contributed by atoms with E-state index in [1.807, 2.05) is 17.8 Å². The standard InChI is InChI=1S/C9H11BrN2S/c10-8-5-9(12-6-11-8)13-7-3-1-2-4-7/h5-7H,1-4H2. The summed E-state index contributed by atoms with van der Waals surface area (Å²) in [6, 6.07) is 1.99. The van der Waals surface area contributed by atoms with Gasteiger partial charge < -0.3 is 0 Å². The van der Waals surface area contributed by atoms with Crippen LogP contribution in [-0.2, 0) is 0 Å². The molecule has 0 saturated heterocycles. The third-order valence-electron chi connectivity index (χ3n) is 2.20. The van der Waals surface area contributed by atoms with Gasteiger partial charge in [-0.3, -0.25) is 0 Å². The van der Waals surface area contributed by atoms with Gasteiger partial charge in [-0.05, 0) is 28.8 Å². The average molecular weight is 259 g/mol. The minimum atomic E-state index is 0.779. The molecular formula is C9H11BrN2S. The van der Waals surface area contributed by atoms with E-state index in [2.05, 4.69) is 25.9 Å². The van der Waals surface area contributed by atoms with E-state index in [0.717, 1.165) is 14.9 Å². The SMILES string of the molecule is Brc1cc(SC2CCCC2)ncn1. The van der Waals surface area contributed by atoms with Crippen LogP contribution < -0.4 is 0 Å². The molecule has 1 heterocycles. The summed E-state index contributed by atoms with van der Waals surface area (Å²) in [7, 11) is 0. The zero-order valence-electron chi connectivity index (χ0n) is 7.24. The first-order chi connectivity index (χ1) is 6.34. The first kappa shape index (κ1) is 9.46. The molecule has 0 radical (unpaired) electrons. The highest BCUT2D eigenvalue weighted by atomic mass is 79.9. The molecule has 70 valence electrons. The fourth-order valence-corrected chi connectivity index (χ4v) is 3.22. The maximum absolute atomic E-state index is 4.22. The average Bonchev–Trinajstić information content (AvgIpc) is 2.57. The lowest BCUT2D eigenvalue weighted by Crippen LogP contribution is -1.94. The first-order valence-electron chi connectivity index (χ1n) is 4.49. The molecule has 0 unspecified atom stereocenters. The molecule has 1 aliphatic rings. The number of hydrogen-bond acceptors (Lipinski definition) is 3. The molecule has 0 bridgehead atoms. The van der Waals surface area contributed by atoms with Crippen molar-refractivity contribution in [3.8, 4) is 0 Å². The molecule has 0 aromatic carbocycles. The highest BCUT2D eigenvalue weighted by molar-refractivity contribution is 9.10. The molecule has 13 heavy (non-hydrogen) atoms. The van der Waals surface area contributed by atoms with Crippen LogP contribution in [0.5, 0.6) is 0 Å². The topological polar surface area (TPSA) is 25.8 Å². The summed E-state index contributed by atoms with van der Waals surface area (Å²) in [6.45, 7) is 0. The monoisotopic (exact) mass is 258 g/mol. The Labute approximate surface area is 90.7 Å². The van der Waals surface area contributed by atoms with E-state index in [-0.39, 0.29) is 0 Å². The third kappa shape index (κ3) is 2.68. The van der Waals surface area contributed by atoms with Crippen molar-refractivity contribution in [3.63, 3.8) is 0 Å². The number of rotatable bonds is 2. The van der Waals surface area contributed by atoms with Crippen LogP contribution in [0.2, 0.25) is 0 Å². The molecule has 0 spiro atoms. The summed E-state index contributed by atoms with van der Waals surface area (Å²) >= 11 is 5.23. The van der Waals surface area contributed by atoms with Gasteiger partial charge in [-0.15, -0.1) is 11.8 Å². The highest BCUT2D eigenvalue weighted by Crippen LogP contribution is 2.33.